The molecule has 0 radical (unpaired) electrons. The number of aryl methyl sites for hydroxylation is 1. The van der Waals surface area contributed by atoms with Crippen LogP contribution in [0, 0.1) is 6.92 Å². The summed E-state index contributed by atoms with van der Waals surface area (Å²) in [7, 11) is 0. The molecule has 1 aromatic heterocycles. The fourth-order valence-electron chi connectivity index (χ4n) is 3.16. The lowest BCUT2D eigenvalue weighted by atomic mass is 10.0. The maximum Gasteiger partial charge on any atom is 0.251 e. The van der Waals surface area contributed by atoms with E-state index in [1.54, 1.807) is 35.6 Å². The molecular weight excluding hydrogens is 410 g/mol. The van der Waals surface area contributed by atoms with Crippen LogP contribution in [0.3, 0.4) is 0 Å². The van der Waals surface area contributed by atoms with Crippen molar-refractivity contribution in [2.45, 2.75) is 44.9 Å². The van der Waals surface area contributed by atoms with Gasteiger partial charge in [-0.3, -0.25) is 9.59 Å². The number of carbonyl (C=O) groups excluding carboxylic acids is 2. The lowest BCUT2D eigenvalue weighted by Gasteiger charge is -2.19. The Hall–Kier alpha value is -3.19. The van der Waals surface area contributed by atoms with Gasteiger partial charge in [0.2, 0.25) is 5.91 Å². The molecule has 31 heavy (non-hydrogen) atoms. The highest BCUT2D eigenvalue weighted by Gasteiger charge is 2.28. The third kappa shape index (κ3) is 6.15. The van der Waals surface area contributed by atoms with Gasteiger partial charge in [0, 0.05) is 23.4 Å². The first-order chi connectivity index (χ1) is 15.1. The number of rotatable bonds is 9. The zero-order valence-electron chi connectivity index (χ0n) is 17.3. The number of hydrogen-bond acceptors (Lipinski definition) is 5. The number of amides is 2. The summed E-state index contributed by atoms with van der Waals surface area (Å²) in [5.41, 5.74) is 2.36. The van der Waals surface area contributed by atoms with E-state index in [1.807, 2.05) is 42.6 Å². The molecule has 160 valence electrons. The molecule has 0 aliphatic heterocycles. The minimum absolute atomic E-state index is 0.141. The molecular formula is C24H25N3O3S. The van der Waals surface area contributed by atoms with Crippen LogP contribution in [0.25, 0.3) is 0 Å². The van der Waals surface area contributed by atoms with Gasteiger partial charge >= 0.3 is 0 Å². The maximum atomic E-state index is 12.8. The highest BCUT2D eigenvalue weighted by Crippen LogP contribution is 2.19. The van der Waals surface area contributed by atoms with Gasteiger partial charge in [0.25, 0.3) is 5.91 Å². The quantitative estimate of drug-likeness (QED) is 0.538. The summed E-state index contributed by atoms with van der Waals surface area (Å²) < 4.78 is 5.74. The van der Waals surface area contributed by atoms with E-state index in [4.69, 9.17) is 4.74 Å². The first-order valence-electron chi connectivity index (χ1n) is 10.4. The Bertz CT molecular complexity index is 1030. The first kappa shape index (κ1) is 21.1. The summed E-state index contributed by atoms with van der Waals surface area (Å²) in [5.74, 6) is 0.237. The molecule has 1 saturated carbocycles. The van der Waals surface area contributed by atoms with Crippen molar-refractivity contribution in [2.24, 2.45) is 0 Å². The SMILES string of the molecule is Cc1nc(COc2ccc(C(=O)NC(Cc3ccccc3)C(=O)NC3CC3)cc2)cs1. The number of aromatic nitrogens is 1. The molecule has 1 aliphatic carbocycles. The van der Waals surface area contributed by atoms with Crippen LogP contribution >= 0.6 is 11.3 Å². The molecule has 1 atom stereocenters. The van der Waals surface area contributed by atoms with Gasteiger partial charge in [-0.25, -0.2) is 4.98 Å². The predicted molar refractivity (Wildman–Crippen MR) is 120 cm³/mol. The third-order valence-electron chi connectivity index (χ3n) is 5.00. The predicted octanol–water partition coefficient (Wildman–Crippen LogP) is 3.65. The number of thiazole rings is 1. The van der Waals surface area contributed by atoms with Gasteiger partial charge in [-0.2, -0.15) is 0 Å². The van der Waals surface area contributed by atoms with Crippen LogP contribution in [0.1, 0.15) is 39.5 Å². The second-order valence-electron chi connectivity index (χ2n) is 7.67. The van der Waals surface area contributed by atoms with Gasteiger partial charge in [0.1, 0.15) is 18.4 Å². The summed E-state index contributed by atoms with van der Waals surface area (Å²) in [4.78, 5) is 29.9. The molecule has 1 aliphatic rings. The smallest absolute Gasteiger partial charge is 0.251 e. The van der Waals surface area contributed by atoms with E-state index >= 15 is 0 Å². The average Bonchev–Trinajstić information content (AvgIpc) is 3.50. The van der Waals surface area contributed by atoms with Gasteiger partial charge in [0.15, 0.2) is 0 Å². The Morgan fingerprint density at radius 2 is 1.87 bits per heavy atom. The van der Waals surface area contributed by atoms with Gasteiger partial charge in [-0.15, -0.1) is 11.3 Å². The van der Waals surface area contributed by atoms with Crippen LogP contribution in [0.15, 0.2) is 60.0 Å². The van der Waals surface area contributed by atoms with E-state index in [0.29, 0.717) is 24.3 Å². The summed E-state index contributed by atoms with van der Waals surface area (Å²) in [5, 5.41) is 8.86. The van der Waals surface area contributed by atoms with Crippen molar-refractivity contribution in [1.29, 1.82) is 0 Å². The van der Waals surface area contributed by atoms with Crippen molar-refractivity contribution in [3.05, 3.63) is 81.8 Å². The zero-order chi connectivity index (χ0) is 21.6. The van der Waals surface area contributed by atoms with Crippen molar-refractivity contribution in [3.63, 3.8) is 0 Å². The van der Waals surface area contributed by atoms with Gasteiger partial charge in [-0.1, -0.05) is 30.3 Å². The lowest BCUT2D eigenvalue weighted by Crippen LogP contribution is -2.48. The lowest BCUT2D eigenvalue weighted by molar-refractivity contribution is -0.123. The molecule has 2 N–H and O–H groups in total. The van der Waals surface area contributed by atoms with E-state index in [0.717, 1.165) is 29.1 Å². The van der Waals surface area contributed by atoms with Crippen LogP contribution in [0.5, 0.6) is 5.75 Å². The molecule has 1 fully saturated rings. The number of ether oxygens (including phenoxy) is 1. The number of nitrogens with one attached hydrogen (secondary N) is 2. The fraction of sp³-hybridized carbons (Fsp3) is 0.292. The van der Waals surface area contributed by atoms with Crippen molar-refractivity contribution in [3.8, 4) is 5.75 Å². The van der Waals surface area contributed by atoms with Crippen LogP contribution in [-0.4, -0.2) is 28.9 Å². The minimum Gasteiger partial charge on any atom is -0.487 e. The number of nitrogens with zero attached hydrogens (tertiary/aromatic N) is 1. The second-order valence-corrected chi connectivity index (χ2v) is 8.73. The van der Waals surface area contributed by atoms with E-state index in [-0.39, 0.29) is 17.9 Å². The number of carbonyl (C=O) groups is 2. The van der Waals surface area contributed by atoms with Crippen LogP contribution in [-0.2, 0) is 17.8 Å². The monoisotopic (exact) mass is 435 g/mol. The Balaban J connectivity index is 1.37. The topological polar surface area (TPSA) is 80.3 Å². The molecule has 0 bridgehead atoms. The van der Waals surface area contributed by atoms with Crippen LogP contribution in [0.4, 0.5) is 0 Å². The zero-order valence-corrected chi connectivity index (χ0v) is 18.2. The van der Waals surface area contributed by atoms with Gasteiger partial charge in [0.05, 0.1) is 10.7 Å². The number of benzene rings is 2. The molecule has 4 rings (SSSR count). The molecule has 0 saturated heterocycles. The molecule has 7 heteroatoms. The maximum absolute atomic E-state index is 12.8. The largest absolute Gasteiger partial charge is 0.487 e. The first-order valence-corrected chi connectivity index (χ1v) is 11.2. The standard InChI is InChI=1S/C24H25N3O3S/c1-16-25-20(15-31-16)14-30-21-11-7-18(8-12-21)23(28)27-22(24(29)26-19-9-10-19)13-17-5-3-2-4-6-17/h2-8,11-12,15,19,22H,9-10,13-14H2,1H3,(H,26,29)(H,27,28). The molecule has 6 nitrogen and oxygen atoms in total. The summed E-state index contributed by atoms with van der Waals surface area (Å²) in [6.45, 7) is 2.34. The van der Waals surface area contributed by atoms with E-state index < -0.39 is 6.04 Å². The van der Waals surface area contributed by atoms with Crippen molar-refractivity contribution >= 4 is 23.2 Å². The molecule has 1 heterocycles. The fourth-order valence-corrected chi connectivity index (χ4v) is 3.76. The third-order valence-corrected chi connectivity index (χ3v) is 5.82. The van der Waals surface area contributed by atoms with Crippen molar-refractivity contribution in [2.75, 3.05) is 0 Å². The summed E-state index contributed by atoms with van der Waals surface area (Å²) >= 11 is 1.58. The molecule has 0 spiro atoms. The highest BCUT2D eigenvalue weighted by atomic mass is 32.1. The Kier molecular flexibility index (Phi) is 6.62. The summed E-state index contributed by atoms with van der Waals surface area (Å²) in [6, 6.07) is 16.2. The Labute approximate surface area is 185 Å². The van der Waals surface area contributed by atoms with Gasteiger partial charge in [-0.05, 0) is 49.6 Å². The Morgan fingerprint density at radius 3 is 2.52 bits per heavy atom. The van der Waals surface area contributed by atoms with Crippen molar-refractivity contribution < 1.29 is 14.3 Å². The van der Waals surface area contributed by atoms with E-state index in [2.05, 4.69) is 15.6 Å². The van der Waals surface area contributed by atoms with Gasteiger partial charge < -0.3 is 15.4 Å². The second kappa shape index (κ2) is 9.75. The van der Waals surface area contributed by atoms with E-state index in [1.165, 1.54) is 0 Å². The number of hydrogen-bond donors (Lipinski definition) is 2. The molecule has 2 amide bonds. The molecule has 3 aromatic rings. The Morgan fingerprint density at radius 1 is 1.13 bits per heavy atom. The molecule has 2 aromatic carbocycles. The minimum atomic E-state index is -0.626. The normalized spacial score (nSPS) is 14.0. The summed E-state index contributed by atoms with van der Waals surface area (Å²) in [6.07, 6.45) is 2.44. The van der Waals surface area contributed by atoms with Crippen molar-refractivity contribution in [1.82, 2.24) is 15.6 Å². The highest BCUT2D eigenvalue weighted by molar-refractivity contribution is 7.09. The van der Waals surface area contributed by atoms with E-state index in [9.17, 15) is 9.59 Å². The molecule has 1 unspecified atom stereocenters. The average molecular weight is 436 g/mol. The van der Waals surface area contributed by atoms with Crippen LogP contribution in [0.2, 0.25) is 0 Å². The van der Waals surface area contributed by atoms with Crippen LogP contribution < -0.4 is 15.4 Å².